The van der Waals surface area contributed by atoms with Crippen LogP contribution in [0.1, 0.15) is 17.3 Å². The van der Waals surface area contributed by atoms with Gasteiger partial charge in [-0.2, -0.15) is 0 Å². The van der Waals surface area contributed by atoms with Crippen molar-refractivity contribution in [2.24, 2.45) is 4.74 Å². The summed E-state index contributed by atoms with van der Waals surface area (Å²) in [4.78, 5) is 12.3. The minimum absolute atomic E-state index is 0.0247. The topological polar surface area (TPSA) is 29.4 Å². The highest BCUT2D eigenvalue weighted by Crippen LogP contribution is 2.49. The van der Waals surface area contributed by atoms with Crippen LogP contribution in [0.15, 0.2) is 120 Å². The molecule has 0 aliphatic heterocycles. The van der Waals surface area contributed by atoms with Crippen LogP contribution in [0.2, 0.25) is 0 Å². The second-order valence-corrected chi connectivity index (χ2v) is 9.84. The third-order valence-electron chi connectivity index (χ3n) is 4.93. The van der Waals surface area contributed by atoms with E-state index in [1.165, 1.54) is 0 Å². The van der Waals surface area contributed by atoms with Gasteiger partial charge >= 0.3 is 0 Å². The van der Waals surface area contributed by atoms with E-state index in [0.717, 1.165) is 21.6 Å². The highest BCUT2D eigenvalue weighted by Gasteiger charge is 2.27. The number of nitrogens with zero attached hydrogens (tertiary/aromatic N) is 1. The van der Waals surface area contributed by atoms with Crippen molar-refractivity contribution >= 4 is 34.4 Å². The zero-order chi connectivity index (χ0) is 20.1. The molecule has 0 saturated heterocycles. The molecule has 0 bridgehead atoms. The van der Waals surface area contributed by atoms with Crippen molar-refractivity contribution in [3.05, 3.63) is 121 Å². The molecule has 0 fully saturated rings. The Morgan fingerprint density at radius 2 is 0.966 bits per heavy atom. The van der Waals surface area contributed by atoms with Gasteiger partial charge < -0.3 is 0 Å². The fourth-order valence-electron chi connectivity index (χ4n) is 3.57. The molecule has 0 aliphatic rings. The van der Waals surface area contributed by atoms with E-state index >= 15 is 0 Å². The standard InChI is InChI=1S/C26H22NOP/c1-21(28)25-19-11-12-20-26(25)27-29(22-13-5-2-6-14-22,23-15-7-3-8-16-23)24-17-9-4-10-18-24/h2-20H,1H3. The second kappa shape index (κ2) is 8.43. The van der Waals surface area contributed by atoms with Gasteiger partial charge in [-0.15, -0.1) is 0 Å². The number of hydrogen-bond acceptors (Lipinski definition) is 2. The van der Waals surface area contributed by atoms with Crippen LogP contribution >= 0.6 is 7.05 Å². The first-order valence-electron chi connectivity index (χ1n) is 9.61. The van der Waals surface area contributed by atoms with E-state index in [0.29, 0.717) is 5.56 Å². The summed E-state index contributed by atoms with van der Waals surface area (Å²) >= 11 is 0. The van der Waals surface area contributed by atoms with E-state index in [4.69, 9.17) is 4.74 Å². The van der Waals surface area contributed by atoms with Crippen LogP contribution in [0.3, 0.4) is 0 Å². The Morgan fingerprint density at radius 1 is 0.586 bits per heavy atom. The molecule has 0 radical (unpaired) electrons. The van der Waals surface area contributed by atoms with E-state index in [2.05, 4.69) is 72.8 Å². The first-order chi connectivity index (χ1) is 14.2. The monoisotopic (exact) mass is 395 g/mol. The van der Waals surface area contributed by atoms with Gasteiger partial charge in [-0.1, -0.05) is 103 Å². The summed E-state index contributed by atoms with van der Waals surface area (Å²) in [5.74, 6) is 0.0247. The zero-order valence-electron chi connectivity index (χ0n) is 16.3. The minimum atomic E-state index is -2.37. The molecule has 0 aliphatic carbocycles. The van der Waals surface area contributed by atoms with Crippen LogP contribution < -0.4 is 15.9 Å². The minimum Gasteiger partial charge on any atom is -0.294 e. The molecule has 4 aromatic carbocycles. The van der Waals surface area contributed by atoms with Crippen molar-refractivity contribution in [2.45, 2.75) is 6.92 Å². The van der Waals surface area contributed by atoms with Crippen molar-refractivity contribution in [1.82, 2.24) is 0 Å². The summed E-state index contributed by atoms with van der Waals surface area (Å²) < 4.78 is 5.41. The summed E-state index contributed by atoms with van der Waals surface area (Å²) in [6.07, 6.45) is 0. The van der Waals surface area contributed by atoms with E-state index in [-0.39, 0.29) is 5.78 Å². The lowest BCUT2D eigenvalue weighted by molar-refractivity contribution is 0.101. The number of carbonyl (C=O) groups excluding carboxylic acids is 1. The Morgan fingerprint density at radius 3 is 1.38 bits per heavy atom. The molecule has 0 unspecified atom stereocenters. The normalized spacial score (nSPS) is 11.1. The van der Waals surface area contributed by atoms with E-state index in [1.807, 2.05) is 42.5 Å². The molecule has 0 saturated carbocycles. The van der Waals surface area contributed by atoms with Crippen LogP contribution in [-0.2, 0) is 0 Å². The number of benzene rings is 4. The number of ketones is 1. The van der Waals surface area contributed by atoms with Crippen molar-refractivity contribution < 1.29 is 4.79 Å². The largest absolute Gasteiger partial charge is 0.294 e. The smallest absolute Gasteiger partial charge is 0.161 e. The maximum absolute atomic E-state index is 12.3. The molecule has 29 heavy (non-hydrogen) atoms. The predicted octanol–water partition coefficient (Wildman–Crippen LogP) is 5.70. The Labute approximate surface area is 171 Å². The SMILES string of the molecule is CC(=O)c1ccccc1N=P(c1ccccc1)(c1ccccc1)c1ccccc1. The van der Waals surface area contributed by atoms with Gasteiger partial charge in [-0.25, -0.2) is 0 Å². The molecule has 0 N–H and O–H groups in total. The van der Waals surface area contributed by atoms with Crippen molar-refractivity contribution in [3.63, 3.8) is 0 Å². The van der Waals surface area contributed by atoms with Gasteiger partial charge in [0.05, 0.1) is 12.7 Å². The van der Waals surface area contributed by atoms with Gasteiger partial charge in [0.1, 0.15) is 0 Å². The fourth-order valence-corrected chi connectivity index (χ4v) is 7.12. The Balaban J connectivity index is 2.17. The number of rotatable bonds is 5. The maximum Gasteiger partial charge on any atom is 0.161 e. The summed E-state index contributed by atoms with van der Waals surface area (Å²) in [7, 11) is -2.37. The van der Waals surface area contributed by atoms with Gasteiger partial charge in [0.25, 0.3) is 0 Å². The molecule has 0 spiro atoms. The Kier molecular flexibility index (Phi) is 5.55. The molecule has 0 aromatic heterocycles. The lowest BCUT2D eigenvalue weighted by Crippen LogP contribution is -2.25. The third-order valence-corrected chi connectivity index (χ3v) is 8.58. The van der Waals surface area contributed by atoms with E-state index < -0.39 is 7.05 Å². The highest BCUT2D eigenvalue weighted by molar-refractivity contribution is 7.87. The second-order valence-electron chi connectivity index (χ2n) is 6.82. The summed E-state index contributed by atoms with van der Waals surface area (Å²) in [5.41, 5.74) is 1.39. The Hall–Kier alpha value is -3.22. The molecule has 142 valence electrons. The van der Waals surface area contributed by atoms with Gasteiger partial charge in [-0.05, 0) is 19.1 Å². The van der Waals surface area contributed by atoms with Crippen LogP contribution in [0.4, 0.5) is 5.69 Å². The number of hydrogen-bond donors (Lipinski definition) is 0. The van der Waals surface area contributed by atoms with E-state index in [9.17, 15) is 4.79 Å². The van der Waals surface area contributed by atoms with Crippen LogP contribution in [-0.4, -0.2) is 5.78 Å². The van der Waals surface area contributed by atoms with Gasteiger partial charge in [0, 0.05) is 21.5 Å². The van der Waals surface area contributed by atoms with Crippen LogP contribution in [0.5, 0.6) is 0 Å². The zero-order valence-corrected chi connectivity index (χ0v) is 17.2. The molecular weight excluding hydrogens is 373 g/mol. The lowest BCUT2D eigenvalue weighted by atomic mass is 10.1. The number of carbonyl (C=O) groups is 1. The lowest BCUT2D eigenvalue weighted by Gasteiger charge is -2.27. The third kappa shape index (κ3) is 3.72. The van der Waals surface area contributed by atoms with Gasteiger partial charge in [0.15, 0.2) is 5.78 Å². The van der Waals surface area contributed by atoms with Crippen LogP contribution in [0, 0.1) is 0 Å². The molecule has 0 heterocycles. The molecule has 4 aromatic rings. The van der Waals surface area contributed by atoms with Crippen molar-refractivity contribution in [3.8, 4) is 0 Å². The Bertz CT molecular complexity index is 1070. The number of Topliss-reactive ketones (excluding diaryl/α,β-unsaturated/α-hetero) is 1. The molecular formula is C26H22NOP. The van der Waals surface area contributed by atoms with Crippen molar-refractivity contribution in [1.29, 1.82) is 0 Å². The fraction of sp³-hybridized carbons (Fsp3) is 0.0385. The summed E-state index contributed by atoms with van der Waals surface area (Å²) in [6, 6.07) is 38.9. The van der Waals surface area contributed by atoms with Gasteiger partial charge in [0.2, 0.25) is 0 Å². The predicted molar refractivity (Wildman–Crippen MR) is 124 cm³/mol. The van der Waals surface area contributed by atoms with Crippen LogP contribution in [0.25, 0.3) is 0 Å². The average Bonchev–Trinajstić information content (AvgIpc) is 2.79. The van der Waals surface area contributed by atoms with E-state index in [1.54, 1.807) is 6.92 Å². The molecule has 3 heteroatoms. The summed E-state index contributed by atoms with van der Waals surface area (Å²) in [5, 5.41) is 3.49. The average molecular weight is 395 g/mol. The molecule has 2 nitrogen and oxygen atoms in total. The highest BCUT2D eigenvalue weighted by atomic mass is 31.2. The first-order valence-corrected chi connectivity index (χ1v) is 11.3. The summed E-state index contributed by atoms with van der Waals surface area (Å²) in [6.45, 7) is 1.60. The quantitative estimate of drug-likeness (QED) is 0.315. The van der Waals surface area contributed by atoms with Crippen molar-refractivity contribution in [2.75, 3.05) is 0 Å². The molecule has 0 amide bonds. The van der Waals surface area contributed by atoms with Gasteiger partial charge in [-0.3, -0.25) is 9.54 Å². The molecule has 4 rings (SSSR count). The first kappa shape index (κ1) is 19.1. The molecule has 0 atom stereocenters. The maximum atomic E-state index is 12.3.